The predicted octanol–water partition coefficient (Wildman–Crippen LogP) is 4.21. The van der Waals surface area contributed by atoms with E-state index in [0.717, 1.165) is 65.7 Å². The standard InChI is InChI=1S/C24H29N3O2S/c1-18-8-9-19(2)20(16-18)17-23(28)27(11-5-10-26-12-14-29-15-13-26)24-25-21-6-3-4-7-22(21)30-24/h3-4,6-9,16H,5,10-15,17H2,1-2H3. The Labute approximate surface area is 182 Å². The third kappa shape index (κ3) is 5.06. The summed E-state index contributed by atoms with van der Waals surface area (Å²) in [7, 11) is 0. The third-order valence-corrected chi connectivity index (χ3v) is 6.68. The summed E-state index contributed by atoms with van der Waals surface area (Å²) in [5.41, 5.74) is 4.39. The predicted molar refractivity (Wildman–Crippen MR) is 123 cm³/mol. The molecule has 2 heterocycles. The second-order valence-corrected chi connectivity index (χ2v) is 8.93. The fourth-order valence-electron chi connectivity index (χ4n) is 3.83. The van der Waals surface area contributed by atoms with Gasteiger partial charge >= 0.3 is 0 Å². The normalized spacial score (nSPS) is 14.9. The van der Waals surface area contributed by atoms with Gasteiger partial charge in [-0.25, -0.2) is 4.98 Å². The molecule has 30 heavy (non-hydrogen) atoms. The smallest absolute Gasteiger partial charge is 0.233 e. The van der Waals surface area contributed by atoms with Crippen molar-refractivity contribution in [3.63, 3.8) is 0 Å². The number of carbonyl (C=O) groups excluding carboxylic acids is 1. The molecule has 0 unspecified atom stereocenters. The van der Waals surface area contributed by atoms with Crippen LogP contribution < -0.4 is 4.90 Å². The van der Waals surface area contributed by atoms with Gasteiger partial charge in [0.25, 0.3) is 0 Å². The highest BCUT2D eigenvalue weighted by molar-refractivity contribution is 7.22. The van der Waals surface area contributed by atoms with Crippen LogP contribution in [0, 0.1) is 13.8 Å². The SMILES string of the molecule is Cc1ccc(C)c(CC(=O)N(CCCN2CCOCC2)c2nc3ccccc3s2)c1. The van der Waals surface area contributed by atoms with Crippen LogP contribution in [-0.2, 0) is 16.0 Å². The van der Waals surface area contributed by atoms with Crippen molar-refractivity contribution >= 4 is 32.6 Å². The lowest BCUT2D eigenvalue weighted by molar-refractivity contribution is -0.118. The number of hydrogen-bond acceptors (Lipinski definition) is 5. The summed E-state index contributed by atoms with van der Waals surface area (Å²) in [6.45, 7) is 9.33. The Hall–Kier alpha value is -2.28. The number of aryl methyl sites for hydroxylation is 2. The Bertz CT molecular complexity index is 978. The van der Waals surface area contributed by atoms with E-state index >= 15 is 0 Å². The first-order valence-corrected chi connectivity index (χ1v) is 11.4. The second kappa shape index (κ2) is 9.69. The van der Waals surface area contributed by atoms with Crippen molar-refractivity contribution in [3.05, 3.63) is 59.2 Å². The van der Waals surface area contributed by atoms with Crippen molar-refractivity contribution in [1.29, 1.82) is 0 Å². The maximum atomic E-state index is 13.4. The number of benzene rings is 2. The number of para-hydroxylation sites is 1. The second-order valence-electron chi connectivity index (χ2n) is 7.92. The maximum absolute atomic E-state index is 13.4. The molecule has 1 fully saturated rings. The van der Waals surface area contributed by atoms with E-state index in [4.69, 9.17) is 9.72 Å². The van der Waals surface area contributed by atoms with Crippen molar-refractivity contribution in [2.24, 2.45) is 0 Å². The number of nitrogens with zero attached hydrogens (tertiary/aromatic N) is 3. The number of amides is 1. The highest BCUT2D eigenvalue weighted by Gasteiger charge is 2.21. The number of fused-ring (bicyclic) bond motifs is 1. The molecule has 0 N–H and O–H groups in total. The Morgan fingerprint density at radius 2 is 1.97 bits per heavy atom. The van der Waals surface area contributed by atoms with E-state index in [-0.39, 0.29) is 5.91 Å². The zero-order valence-electron chi connectivity index (χ0n) is 17.8. The summed E-state index contributed by atoms with van der Waals surface area (Å²) in [5, 5.41) is 0.800. The topological polar surface area (TPSA) is 45.7 Å². The van der Waals surface area contributed by atoms with E-state index in [1.165, 1.54) is 5.56 Å². The Kier molecular flexibility index (Phi) is 6.77. The van der Waals surface area contributed by atoms with E-state index < -0.39 is 0 Å². The van der Waals surface area contributed by atoms with E-state index in [2.05, 4.69) is 43.0 Å². The summed E-state index contributed by atoms with van der Waals surface area (Å²) in [4.78, 5) is 22.5. The molecule has 2 aromatic carbocycles. The zero-order chi connectivity index (χ0) is 20.9. The quantitative estimate of drug-likeness (QED) is 0.571. The minimum Gasteiger partial charge on any atom is -0.379 e. The molecule has 3 aromatic rings. The van der Waals surface area contributed by atoms with Gasteiger partial charge < -0.3 is 4.74 Å². The first-order chi connectivity index (χ1) is 14.6. The molecule has 1 aliphatic heterocycles. The third-order valence-electron chi connectivity index (χ3n) is 5.62. The van der Waals surface area contributed by atoms with Gasteiger partial charge in [0, 0.05) is 26.2 Å². The van der Waals surface area contributed by atoms with Crippen LogP contribution in [0.25, 0.3) is 10.2 Å². The Morgan fingerprint density at radius 3 is 2.77 bits per heavy atom. The first kappa shape index (κ1) is 21.0. The van der Waals surface area contributed by atoms with Crippen molar-refractivity contribution in [3.8, 4) is 0 Å². The van der Waals surface area contributed by atoms with Crippen molar-refractivity contribution in [2.75, 3.05) is 44.3 Å². The summed E-state index contributed by atoms with van der Waals surface area (Å²) in [6, 6.07) is 14.4. The minimum absolute atomic E-state index is 0.115. The van der Waals surface area contributed by atoms with Gasteiger partial charge in [-0.15, -0.1) is 0 Å². The molecule has 0 spiro atoms. The molecule has 0 atom stereocenters. The monoisotopic (exact) mass is 423 g/mol. The van der Waals surface area contributed by atoms with Gasteiger partial charge in [0.2, 0.25) is 5.91 Å². The van der Waals surface area contributed by atoms with Crippen molar-refractivity contribution in [1.82, 2.24) is 9.88 Å². The number of hydrogen-bond donors (Lipinski definition) is 0. The molecule has 6 heteroatoms. The van der Waals surface area contributed by atoms with Crippen LogP contribution in [0.1, 0.15) is 23.1 Å². The van der Waals surface area contributed by atoms with Crippen LogP contribution in [-0.4, -0.2) is 55.2 Å². The highest BCUT2D eigenvalue weighted by Crippen LogP contribution is 2.29. The fourth-order valence-corrected chi connectivity index (χ4v) is 4.84. The van der Waals surface area contributed by atoms with Crippen LogP contribution in [0.2, 0.25) is 0 Å². The summed E-state index contributed by atoms with van der Waals surface area (Å²) in [6.07, 6.45) is 1.33. The van der Waals surface area contributed by atoms with Crippen LogP contribution in [0.15, 0.2) is 42.5 Å². The average Bonchev–Trinajstić information content (AvgIpc) is 3.18. The van der Waals surface area contributed by atoms with E-state index in [1.807, 2.05) is 23.1 Å². The molecule has 1 aliphatic rings. The Balaban J connectivity index is 1.52. The molecule has 0 aliphatic carbocycles. The molecular formula is C24H29N3O2S. The van der Waals surface area contributed by atoms with Crippen LogP contribution in [0.3, 0.4) is 0 Å². The first-order valence-electron chi connectivity index (χ1n) is 10.6. The molecule has 5 nitrogen and oxygen atoms in total. The van der Waals surface area contributed by atoms with Crippen molar-refractivity contribution < 1.29 is 9.53 Å². The molecule has 1 amide bonds. The van der Waals surface area contributed by atoms with Gasteiger partial charge in [0.1, 0.15) is 0 Å². The van der Waals surface area contributed by atoms with Gasteiger partial charge in [-0.05, 0) is 43.5 Å². The van der Waals surface area contributed by atoms with Gasteiger partial charge in [-0.3, -0.25) is 14.6 Å². The number of rotatable bonds is 7. The summed E-state index contributed by atoms with van der Waals surface area (Å²) < 4.78 is 6.56. The van der Waals surface area contributed by atoms with Crippen molar-refractivity contribution in [2.45, 2.75) is 26.7 Å². The van der Waals surface area contributed by atoms with E-state index in [0.29, 0.717) is 13.0 Å². The molecule has 1 aromatic heterocycles. The number of carbonyl (C=O) groups is 1. The molecule has 158 valence electrons. The minimum atomic E-state index is 0.115. The van der Waals surface area contributed by atoms with Gasteiger partial charge in [-0.2, -0.15) is 0 Å². The number of anilines is 1. The lowest BCUT2D eigenvalue weighted by atomic mass is 10.0. The van der Waals surface area contributed by atoms with Crippen LogP contribution >= 0.6 is 11.3 Å². The molecule has 0 saturated carbocycles. The summed E-state index contributed by atoms with van der Waals surface area (Å²) >= 11 is 1.60. The number of aromatic nitrogens is 1. The van der Waals surface area contributed by atoms with E-state index in [9.17, 15) is 4.79 Å². The zero-order valence-corrected chi connectivity index (χ0v) is 18.6. The number of morpholine rings is 1. The fraction of sp³-hybridized carbons (Fsp3) is 0.417. The number of ether oxygens (including phenoxy) is 1. The molecule has 4 rings (SSSR count). The van der Waals surface area contributed by atoms with Crippen LogP contribution in [0.5, 0.6) is 0 Å². The summed E-state index contributed by atoms with van der Waals surface area (Å²) in [5.74, 6) is 0.115. The highest BCUT2D eigenvalue weighted by atomic mass is 32.1. The van der Waals surface area contributed by atoms with Gasteiger partial charge in [0.15, 0.2) is 5.13 Å². The lowest BCUT2D eigenvalue weighted by Crippen LogP contribution is -2.39. The van der Waals surface area contributed by atoms with Gasteiger partial charge in [-0.1, -0.05) is 47.2 Å². The lowest BCUT2D eigenvalue weighted by Gasteiger charge is -2.27. The molecule has 0 bridgehead atoms. The maximum Gasteiger partial charge on any atom is 0.233 e. The van der Waals surface area contributed by atoms with E-state index in [1.54, 1.807) is 11.3 Å². The average molecular weight is 424 g/mol. The largest absolute Gasteiger partial charge is 0.379 e. The number of thiazole rings is 1. The molecular weight excluding hydrogens is 394 g/mol. The Morgan fingerprint density at radius 1 is 1.17 bits per heavy atom. The van der Waals surface area contributed by atoms with Crippen LogP contribution in [0.4, 0.5) is 5.13 Å². The van der Waals surface area contributed by atoms with Gasteiger partial charge in [0.05, 0.1) is 29.9 Å². The molecule has 0 radical (unpaired) electrons. The molecule has 1 saturated heterocycles.